The van der Waals surface area contributed by atoms with Crippen LogP contribution >= 0.6 is 0 Å². The van der Waals surface area contributed by atoms with E-state index >= 15 is 0 Å². The standard InChI is InChI=1S/C18H23F3N2O3/c1-17(2,3)26-16(25)23-14(10-12-7-8-22-15(12)24)11-5-4-6-13(9-11)18(19,20)21/h4-6,9,12,14H,7-8,10H2,1-3H3,(H,22,24)(H,23,25). The van der Waals surface area contributed by atoms with E-state index in [0.717, 1.165) is 12.1 Å². The lowest BCUT2D eigenvalue weighted by Crippen LogP contribution is -2.36. The Kier molecular flexibility index (Phi) is 5.83. The number of carbonyl (C=O) groups is 2. The molecule has 1 aromatic carbocycles. The zero-order chi connectivity index (χ0) is 19.5. The second-order valence-electron chi connectivity index (χ2n) is 7.33. The molecule has 144 valence electrons. The van der Waals surface area contributed by atoms with Gasteiger partial charge in [-0.3, -0.25) is 4.79 Å². The lowest BCUT2D eigenvalue weighted by molar-refractivity contribution is -0.137. The fourth-order valence-corrected chi connectivity index (χ4v) is 2.81. The summed E-state index contributed by atoms with van der Waals surface area (Å²) in [6.45, 7) is 5.59. The third-order valence-electron chi connectivity index (χ3n) is 3.99. The van der Waals surface area contributed by atoms with Crippen LogP contribution in [0.25, 0.3) is 0 Å². The predicted octanol–water partition coefficient (Wildman–Crippen LogP) is 3.80. The van der Waals surface area contributed by atoms with Crippen LogP contribution in [0, 0.1) is 5.92 Å². The number of alkyl halides is 3. The minimum absolute atomic E-state index is 0.159. The van der Waals surface area contributed by atoms with Gasteiger partial charge in [0.05, 0.1) is 11.6 Å². The van der Waals surface area contributed by atoms with E-state index in [2.05, 4.69) is 10.6 Å². The molecular weight excluding hydrogens is 349 g/mol. The molecule has 0 spiro atoms. The zero-order valence-electron chi connectivity index (χ0n) is 14.9. The summed E-state index contributed by atoms with van der Waals surface area (Å²) in [7, 11) is 0. The highest BCUT2D eigenvalue weighted by atomic mass is 19.4. The number of rotatable bonds is 4. The number of nitrogens with one attached hydrogen (secondary N) is 2. The molecule has 1 saturated heterocycles. The van der Waals surface area contributed by atoms with Crippen molar-refractivity contribution in [2.75, 3.05) is 6.54 Å². The van der Waals surface area contributed by atoms with E-state index in [1.54, 1.807) is 20.8 Å². The second kappa shape index (κ2) is 7.55. The third-order valence-corrected chi connectivity index (χ3v) is 3.99. The average Bonchev–Trinajstić information content (AvgIpc) is 2.89. The third kappa shape index (κ3) is 5.64. The number of alkyl carbamates (subject to hydrolysis) is 1. The molecular formula is C18H23F3N2O3. The molecule has 2 N–H and O–H groups in total. The number of halogens is 3. The molecule has 8 heteroatoms. The van der Waals surface area contributed by atoms with Crippen LogP contribution in [0.15, 0.2) is 24.3 Å². The Balaban J connectivity index is 2.25. The summed E-state index contributed by atoms with van der Waals surface area (Å²) in [4.78, 5) is 24.0. The van der Waals surface area contributed by atoms with E-state index in [1.807, 2.05) is 0 Å². The lowest BCUT2D eigenvalue weighted by Gasteiger charge is -2.25. The number of amides is 2. The van der Waals surface area contributed by atoms with Crippen molar-refractivity contribution in [1.29, 1.82) is 0 Å². The van der Waals surface area contributed by atoms with Gasteiger partial charge >= 0.3 is 12.3 Å². The molecule has 0 saturated carbocycles. The van der Waals surface area contributed by atoms with Gasteiger partial charge in [0.15, 0.2) is 0 Å². The van der Waals surface area contributed by atoms with Gasteiger partial charge in [-0.05, 0) is 51.3 Å². The Morgan fingerprint density at radius 2 is 2.04 bits per heavy atom. The van der Waals surface area contributed by atoms with Crippen LogP contribution < -0.4 is 10.6 Å². The van der Waals surface area contributed by atoms with Gasteiger partial charge in [-0.25, -0.2) is 4.79 Å². The number of ether oxygens (including phenoxy) is 1. The Labute approximate surface area is 150 Å². The van der Waals surface area contributed by atoms with Crippen molar-refractivity contribution in [2.24, 2.45) is 5.92 Å². The molecule has 0 radical (unpaired) electrons. The molecule has 0 aliphatic carbocycles. The molecule has 2 rings (SSSR count). The monoisotopic (exact) mass is 372 g/mol. The van der Waals surface area contributed by atoms with Crippen molar-refractivity contribution in [3.8, 4) is 0 Å². The zero-order valence-corrected chi connectivity index (χ0v) is 14.9. The van der Waals surface area contributed by atoms with Crippen molar-refractivity contribution in [3.05, 3.63) is 35.4 Å². The first-order chi connectivity index (χ1) is 12.0. The van der Waals surface area contributed by atoms with Gasteiger partial charge in [0.25, 0.3) is 0 Å². The van der Waals surface area contributed by atoms with Crippen LogP contribution in [-0.2, 0) is 15.7 Å². The van der Waals surface area contributed by atoms with Crippen molar-refractivity contribution < 1.29 is 27.5 Å². The Morgan fingerprint density at radius 3 is 2.58 bits per heavy atom. The second-order valence-corrected chi connectivity index (χ2v) is 7.33. The van der Waals surface area contributed by atoms with E-state index in [0.29, 0.717) is 13.0 Å². The van der Waals surface area contributed by atoms with Gasteiger partial charge in [0.2, 0.25) is 5.91 Å². The molecule has 1 aliphatic heterocycles. The first-order valence-corrected chi connectivity index (χ1v) is 8.40. The molecule has 0 aromatic heterocycles. The number of hydrogen-bond donors (Lipinski definition) is 2. The number of hydrogen-bond acceptors (Lipinski definition) is 3. The fourth-order valence-electron chi connectivity index (χ4n) is 2.81. The molecule has 1 fully saturated rings. The van der Waals surface area contributed by atoms with Gasteiger partial charge < -0.3 is 15.4 Å². The summed E-state index contributed by atoms with van der Waals surface area (Å²) >= 11 is 0. The highest BCUT2D eigenvalue weighted by molar-refractivity contribution is 5.80. The summed E-state index contributed by atoms with van der Waals surface area (Å²) in [5.41, 5.74) is -1.26. The van der Waals surface area contributed by atoms with E-state index in [9.17, 15) is 22.8 Å². The Morgan fingerprint density at radius 1 is 1.35 bits per heavy atom. The van der Waals surface area contributed by atoms with Gasteiger partial charge in [-0.2, -0.15) is 13.2 Å². The summed E-state index contributed by atoms with van der Waals surface area (Å²) in [6.07, 6.45) is -4.45. The van der Waals surface area contributed by atoms with Crippen LogP contribution in [0.4, 0.5) is 18.0 Å². The minimum atomic E-state index is -4.49. The van der Waals surface area contributed by atoms with Gasteiger partial charge in [-0.15, -0.1) is 0 Å². The maximum Gasteiger partial charge on any atom is 0.416 e. The van der Waals surface area contributed by atoms with Crippen molar-refractivity contribution in [1.82, 2.24) is 10.6 Å². The number of carbonyl (C=O) groups excluding carboxylic acids is 2. The molecule has 1 aromatic rings. The van der Waals surface area contributed by atoms with Crippen LogP contribution in [-0.4, -0.2) is 24.1 Å². The highest BCUT2D eigenvalue weighted by Gasteiger charge is 2.33. The molecule has 1 aliphatic rings. The summed E-state index contributed by atoms with van der Waals surface area (Å²) in [5.74, 6) is -0.530. The highest BCUT2D eigenvalue weighted by Crippen LogP contribution is 2.33. The van der Waals surface area contributed by atoms with Gasteiger partial charge in [-0.1, -0.05) is 12.1 Å². The van der Waals surface area contributed by atoms with Crippen molar-refractivity contribution in [2.45, 2.75) is 51.4 Å². The van der Waals surface area contributed by atoms with Crippen LogP contribution in [0.5, 0.6) is 0 Å². The molecule has 1 heterocycles. The van der Waals surface area contributed by atoms with Crippen molar-refractivity contribution >= 4 is 12.0 Å². The van der Waals surface area contributed by atoms with Crippen molar-refractivity contribution in [3.63, 3.8) is 0 Å². The quantitative estimate of drug-likeness (QED) is 0.845. The number of benzene rings is 1. The van der Waals surface area contributed by atoms with Crippen LogP contribution in [0.1, 0.15) is 50.8 Å². The van der Waals surface area contributed by atoms with Crippen LogP contribution in [0.2, 0.25) is 0 Å². The predicted molar refractivity (Wildman–Crippen MR) is 89.3 cm³/mol. The largest absolute Gasteiger partial charge is 0.444 e. The van der Waals surface area contributed by atoms with E-state index in [1.165, 1.54) is 12.1 Å². The molecule has 2 atom stereocenters. The van der Waals surface area contributed by atoms with Gasteiger partial charge in [0.1, 0.15) is 5.60 Å². The average molecular weight is 372 g/mol. The van der Waals surface area contributed by atoms with Gasteiger partial charge in [0, 0.05) is 12.5 Å². The smallest absolute Gasteiger partial charge is 0.416 e. The summed E-state index contributed by atoms with van der Waals surface area (Å²) in [5, 5.41) is 5.30. The van der Waals surface area contributed by atoms with E-state index in [4.69, 9.17) is 4.74 Å². The lowest BCUT2D eigenvalue weighted by atomic mass is 9.92. The molecule has 2 amide bonds. The molecule has 0 bridgehead atoms. The summed E-state index contributed by atoms with van der Waals surface area (Å²) < 4.78 is 44.2. The Hall–Kier alpha value is -2.25. The first-order valence-electron chi connectivity index (χ1n) is 8.40. The van der Waals surface area contributed by atoms with Crippen LogP contribution in [0.3, 0.4) is 0 Å². The topological polar surface area (TPSA) is 67.4 Å². The minimum Gasteiger partial charge on any atom is -0.444 e. The first kappa shape index (κ1) is 20.1. The van der Waals surface area contributed by atoms with E-state index < -0.39 is 29.5 Å². The molecule has 26 heavy (non-hydrogen) atoms. The maximum atomic E-state index is 13.0. The molecule has 2 unspecified atom stereocenters. The maximum absolute atomic E-state index is 13.0. The SMILES string of the molecule is CC(C)(C)OC(=O)NC(CC1CCNC1=O)c1cccc(C(F)(F)F)c1. The fraction of sp³-hybridized carbons (Fsp3) is 0.556. The molecule has 5 nitrogen and oxygen atoms in total. The Bertz CT molecular complexity index is 668. The normalized spacial score (nSPS) is 19.0. The van der Waals surface area contributed by atoms with E-state index in [-0.39, 0.29) is 23.8 Å². The summed E-state index contributed by atoms with van der Waals surface area (Å²) in [6, 6.07) is 3.99.